The summed E-state index contributed by atoms with van der Waals surface area (Å²) >= 11 is 0. The number of benzene rings is 2. The lowest BCUT2D eigenvalue weighted by Gasteiger charge is -2.29. The molecule has 2 aromatic heterocycles. The van der Waals surface area contributed by atoms with Crippen molar-refractivity contribution in [3.8, 4) is 34.2 Å². The van der Waals surface area contributed by atoms with Crippen molar-refractivity contribution in [2.45, 2.75) is 19.3 Å². The Morgan fingerprint density at radius 3 is 2.61 bits per heavy atom. The van der Waals surface area contributed by atoms with Gasteiger partial charge in [0.15, 0.2) is 11.6 Å². The lowest BCUT2D eigenvalue weighted by atomic mass is 9.97. The van der Waals surface area contributed by atoms with Crippen LogP contribution in [0.5, 0.6) is 5.75 Å². The Balaban J connectivity index is 1.65. The fourth-order valence-corrected chi connectivity index (χ4v) is 4.43. The van der Waals surface area contributed by atoms with Gasteiger partial charge in [-0.1, -0.05) is 12.1 Å². The monoisotopic (exact) mass is 482 g/mol. The second-order valence-electron chi connectivity index (χ2n) is 8.58. The van der Waals surface area contributed by atoms with E-state index in [2.05, 4.69) is 21.3 Å². The second-order valence-corrected chi connectivity index (χ2v) is 8.58. The number of carbonyl (C=O) groups excluding carboxylic acids is 1. The standard InChI is InChI=1S/C28H23FN4O3/c29-19-9-10-21(25(34)15-19)24-16-22(18-6-4-7-20(14-18)33-11-2-1-3-12-33)23(17-30)27(31-24)32-28(35)26-8-5-13-36-26/h4-10,13-16,34H,1-3,11-12H2,(H,31,32,35). The molecule has 3 heterocycles. The minimum absolute atomic E-state index is 0.0125. The molecular formula is C28H23FN4O3. The van der Waals surface area contributed by atoms with E-state index in [1.165, 1.54) is 30.9 Å². The van der Waals surface area contributed by atoms with Crippen LogP contribution in [0.3, 0.4) is 0 Å². The van der Waals surface area contributed by atoms with Crippen LogP contribution >= 0.6 is 0 Å². The summed E-state index contributed by atoms with van der Waals surface area (Å²) in [6, 6.07) is 18.4. The quantitative estimate of drug-likeness (QED) is 0.363. The Labute approximate surface area is 207 Å². The van der Waals surface area contributed by atoms with Crippen molar-refractivity contribution in [1.29, 1.82) is 5.26 Å². The summed E-state index contributed by atoms with van der Waals surface area (Å²) in [5.74, 6) is -1.39. The van der Waals surface area contributed by atoms with Crippen LogP contribution in [0.25, 0.3) is 22.4 Å². The average molecular weight is 483 g/mol. The number of hydrogen-bond donors (Lipinski definition) is 2. The number of rotatable bonds is 5. The Hall–Kier alpha value is -4.64. The van der Waals surface area contributed by atoms with Crippen LogP contribution in [0.4, 0.5) is 15.9 Å². The van der Waals surface area contributed by atoms with Gasteiger partial charge in [-0.25, -0.2) is 9.37 Å². The number of amides is 1. The van der Waals surface area contributed by atoms with Crippen molar-refractivity contribution >= 4 is 17.4 Å². The summed E-state index contributed by atoms with van der Waals surface area (Å²) in [4.78, 5) is 19.5. The number of nitrogens with zero attached hydrogens (tertiary/aromatic N) is 3. The molecule has 4 aromatic rings. The molecular weight excluding hydrogens is 459 g/mol. The van der Waals surface area contributed by atoms with Crippen LogP contribution < -0.4 is 10.2 Å². The molecule has 1 amide bonds. The molecule has 1 aliphatic heterocycles. The smallest absolute Gasteiger partial charge is 0.292 e. The maximum absolute atomic E-state index is 13.7. The van der Waals surface area contributed by atoms with Gasteiger partial charge in [-0.2, -0.15) is 5.26 Å². The van der Waals surface area contributed by atoms with Gasteiger partial charge in [-0.3, -0.25) is 4.79 Å². The molecule has 8 heteroatoms. The van der Waals surface area contributed by atoms with Gasteiger partial charge in [0.25, 0.3) is 5.91 Å². The number of phenols is 1. The molecule has 1 fully saturated rings. The molecule has 7 nitrogen and oxygen atoms in total. The number of aromatic nitrogens is 1. The van der Waals surface area contributed by atoms with E-state index >= 15 is 0 Å². The molecule has 5 rings (SSSR count). The zero-order chi connectivity index (χ0) is 25.1. The van der Waals surface area contributed by atoms with Crippen LogP contribution in [0.2, 0.25) is 0 Å². The fourth-order valence-electron chi connectivity index (χ4n) is 4.43. The van der Waals surface area contributed by atoms with Gasteiger partial charge in [0, 0.05) is 36.0 Å². The molecule has 0 aliphatic carbocycles. The zero-order valence-electron chi connectivity index (χ0n) is 19.4. The number of anilines is 2. The SMILES string of the molecule is N#Cc1c(-c2cccc(N3CCCCC3)c2)cc(-c2ccc(F)cc2O)nc1NC(=O)c1ccco1. The van der Waals surface area contributed by atoms with E-state index in [0.29, 0.717) is 5.56 Å². The van der Waals surface area contributed by atoms with E-state index in [0.717, 1.165) is 43.2 Å². The highest BCUT2D eigenvalue weighted by Gasteiger charge is 2.21. The lowest BCUT2D eigenvalue weighted by molar-refractivity contribution is 0.0996. The third-order valence-electron chi connectivity index (χ3n) is 6.22. The Kier molecular flexibility index (Phi) is 6.37. The number of carbonyl (C=O) groups is 1. The van der Waals surface area contributed by atoms with Crippen LogP contribution in [0.1, 0.15) is 35.4 Å². The molecule has 180 valence electrons. The number of nitrogens with one attached hydrogen (secondary N) is 1. The molecule has 0 unspecified atom stereocenters. The maximum Gasteiger partial charge on any atom is 0.292 e. The van der Waals surface area contributed by atoms with Gasteiger partial charge in [-0.15, -0.1) is 0 Å². The van der Waals surface area contributed by atoms with Crippen LogP contribution in [0, 0.1) is 17.1 Å². The van der Waals surface area contributed by atoms with E-state index in [9.17, 15) is 19.6 Å². The van der Waals surface area contributed by atoms with E-state index in [1.54, 1.807) is 12.1 Å². The minimum Gasteiger partial charge on any atom is -0.507 e. The molecule has 0 spiro atoms. The third-order valence-corrected chi connectivity index (χ3v) is 6.22. The van der Waals surface area contributed by atoms with E-state index in [-0.39, 0.29) is 34.1 Å². The van der Waals surface area contributed by atoms with Crippen molar-refractivity contribution in [2.24, 2.45) is 0 Å². The highest BCUT2D eigenvalue weighted by atomic mass is 19.1. The largest absolute Gasteiger partial charge is 0.507 e. The molecule has 36 heavy (non-hydrogen) atoms. The van der Waals surface area contributed by atoms with Crippen LogP contribution in [0.15, 0.2) is 71.3 Å². The Morgan fingerprint density at radius 1 is 1.06 bits per heavy atom. The number of halogens is 1. The Morgan fingerprint density at radius 2 is 1.89 bits per heavy atom. The number of hydrogen-bond acceptors (Lipinski definition) is 6. The third kappa shape index (κ3) is 4.64. The summed E-state index contributed by atoms with van der Waals surface area (Å²) in [7, 11) is 0. The molecule has 2 N–H and O–H groups in total. The Bertz CT molecular complexity index is 1450. The van der Waals surface area contributed by atoms with Crippen molar-refractivity contribution in [3.63, 3.8) is 0 Å². The molecule has 0 bridgehead atoms. The summed E-state index contributed by atoms with van der Waals surface area (Å²) in [5.41, 5.74) is 3.03. The summed E-state index contributed by atoms with van der Waals surface area (Å²) in [5, 5.41) is 23.2. The van der Waals surface area contributed by atoms with Gasteiger partial charge >= 0.3 is 0 Å². The van der Waals surface area contributed by atoms with Crippen molar-refractivity contribution < 1.29 is 18.7 Å². The predicted molar refractivity (Wildman–Crippen MR) is 134 cm³/mol. The van der Waals surface area contributed by atoms with Crippen LogP contribution in [-0.4, -0.2) is 29.1 Å². The lowest BCUT2D eigenvalue weighted by Crippen LogP contribution is -2.29. The van der Waals surface area contributed by atoms with E-state index in [4.69, 9.17) is 4.42 Å². The average Bonchev–Trinajstić information content (AvgIpc) is 3.44. The molecule has 2 aromatic carbocycles. The first-order valence-electron chi connectivity index (χ1n) is 11.7. The zero-order valence-corrected chi connectivity index (χ0v) is 19.4. The maximum atomic E-state index is 13.7. The van der Waals surface area contributed by atoms with Crippen LogP contribution in [-0.2, 0) is 0 Å². The summed E-state index contributed by atoms with van der Waals surface area (Å²) in [6.45, 7) is 1.92. The normalized spacial score (nSPS) is 13.3. The minimum atomic E-state index is -0.592. The second kappa shape index (κ2) is 9.92. The fraction of sp³-hybridized carbons (Fsp3) is 0.179. The van der Waals surface area contributed by atoms with E-state index < -0.39 is 11.7 Å². The molecule has 1 saturated heterocycles. The number of aromatic hydroxyl groups is 1. The first kappa shape index (κ1) is 23.1. The number of pyridine rings is 1. The predicted octanol–water partition coefficient (Wildman–Crippen LogP) is 5.97. The van der Waals surface area contributed by atoms with Gasteiger partial charge < -0.3 is 19.7 Å². The first-order valence-corrected chi connectivity index (χ1v) is 11.7. The number of furan rings is 1. The number of phenolic OH excluding ortho intramolecular Hbond substituents is 1. The number of piperidine rings is 1. The first-order chi connectivity index (χ1) is 17.5. The molecule has 0 saturated carbocycles. The van der Waals surface area contributed by atoms with Gasteiger partial charge in [-0.05, 0) is 67.3 Å². The van der Waals surface area contributed by atoms with Gasteiger partial charge in [0.05, 0.1) is 12.0 Å². The van der Waals surface area contributed by atoms with Crippen molar-refractivity contribution in [2.75, 3.05) is 23.3 Å². The molecule has 0 radical (unpaired) electrons. The van der Waals surface area contributed by atoms with Gasteiger partial charge in [0.1, 0.15) is 23.2 Å². The summed E-state index contributed by atoms with van der Waals surface area (Å²) < 4.78 is 18.8. The van der Waals surface area contributed by atoms with Crippen molar-refractivity contribution in [1.82, 2.24) is 4.98 Å². The highest BCUT2D eigenvalue weighted by Crippen LogP contribution is 2.37. The summed E-state index contributed by atoms with van der Waals surface area (Å²) in [6.07, 6.45) is 4.83. The van der Waals surface area contributed by atoms with Gasteiger partial charge in [0.2, 0.25) is 0 Å². The highest BCUT2D eigenvalue weighted by molar-refractivity contribution is 6.03. The van der Waals surface area contributed by atoms with E-state index in [1.807, 2.05) is 24.3 Å². The topological polar surface area (TPSA) is 102 Å². The molecule has 0 atom stereocenters. The number of nitriles is 1. The molecule has 1 aliphatic rings. The van der Waals surface area contributed by atoms with Crippen molar-refractivity contribution in [3.05, 3.63) is 84.1 Å².